The van der Waals surface area contributed by atoms with E-state index in [-0.39, 0.29) is 32.6 Å². The number of nitrogens with zero attached hydrogens (tertiary/aromatic N) is 1. The van der Waals surface area contributed by atoms with Gasteiger partial charge < -0.3 is 34.5 Å². The van der Waals surface area contributed by atoms with E-state index in [1.807, 2.05) is 24.3 Å². The van der Waals surface area contributed by atoms with Gasteiger partial charge in [0.1, 0.15) is 40.8 Å². The molecular weight excluding hydrogens is 735 g/mol. The van der Waals surface area contributed by atoms with Crippen molar-refractivity contribution in [2.75, 3.05) is 25.1 Å². The van der Waals surface area contributed by atoms with Crippen molar-refractivity contribution in [2.45, 2.75) is 93.9 Å². The van der Waals surface area contributed by atoms with Crippen LogP contribution >= 0.6 is 0 Å². The molecule has 3 fully saturated rings. The summed E-state index contributed by atoms with van der Waals surface area (Å²) in [6.45, 7) is 4.76. The van der Waals surface area contributed by atoms with Crippen molar-refractivity contribution in [3.05, 3.63) is 66.7 Å². The highest BCUT2D eigenvalue weighted by Gasteiger charge is 2.62. The Labute approximate surface area is 319 Å². The maximum Gasteiger partial charge on any atom is 0.411 e. The van der Waals surface area contributed by atoms with Crippen molar-refractivity contribution >= 4 is 45.6 Å². The monoisotopic (exact) mass is 781 g/mol. The number of amides is 5. The second-order valence-corrected chi connectivity index (χ2v) is 17.1. The first-order valence-electron chi connectivity index (χ1n) is 18.3. The molecule has 17 heteroatoms. The quantitative estimate of drug-likeness (QED) is 0.284. The van der Waals surface area contributed by atoms with Crippen LogP contribution in [0.25, 0.3) is 0 Å². The predicted molar refractivity (Wildman–Crippen MR) is 198 cm³/mol. The second kappa shape index (κ2) is 16.3. The fourth-order valence-electron chi connectivity index (χ4n) is 6.46. The summed E-state index contributed by atoms with van der Waals surface area (Å²) in [5.74, 6) is -1.65. The molecule has 2 aliphatic heterocycles. The van der Waals surface area contributed by atoms with Crippen LogP contribution in [-0.4, -0.2) is 97.6 Å². The lowest BCUT2D eigenvalue weighted by Crippen LogP contribution is -2.59. The number of carbonyl (C=O) groups is 5. The molecule has 2 aromatic carbocycles. The maximum absolute atomic E-state index is 14.2. The summed E-state index contributed by atoms with van der Waals surface area (Å²) in [5.41, 5.74) is -2.06. The van der Waals surface area contributed by atoms with Crippen molar-refractivity contribution in [3.8, 4) is 11.5 Å². The van der Waals surface area contributed by atoms with Gasteiger partial charge in [-0.2, -0.15) is 0 Å². The van der Waals surface area contributed by atoms with Crippen molar-refractivity contribution in [2.24, 2.45) is 5.92 Å². The summed E-state index contributed by atoms with van der Waals surface area (Å²) in [5, 5.41) is 7.29. The molecule has 6 rings (SSSR count). The van der Waals surface area contributed by atoms with Gasteiger partial charge in [0.15, 0.2) is 0 Å². The predicted octanol–water partition coefficient (Wildman–Crippen LogP) is 3.74. The van der Waals surface area contributed by atoms with E-state index in [1.165, 1.54) is 4.90 Å². The van der Waals surface area contributed by atoms with Crippen LogP contribution in [0.3, 0.4) is 0 Å². The molecule has 0 radical (unpaired) electrons. The van der Waals surface area contributed by atoms with Crippen molar-refractivity contribution < 1.29 is 51.3 Å². The summed E-state index contributed by atoms with van der Waals surface area (Å²) < 4.78 is 50.4. The number of para-hydroxylation sites is 1. The van der Waals surface area contributed by atoms with Gasteiger partial charge >= 0.3 is 12.2 Å². The van der Waals surface area contributed by atoms with Gasteiger partial charge in [0.25, 0.3) is 5.91 Å². The Kier molecular flexibility index (Phi) is 11.7. The van der Waals surface area contributed by atoms with E-state index in [0.717, 1.165) is 0 Å². The van der Waals surface area contributed by atoms with Crippen molar-refractivity contribution in [1.82, 2.24) is 20.3 Å². The zero-order chi connectivity index (χ0) is 39.4. The first-order chi connectivity index (χ1) is 26.1. The molecule has 4 N–H and O–H groups in total. The molecule has 16 nitrogen and oxygen atoms in total. The Hall–Kier alpha value is -5.16. The van der Waals surface area contributed by atoms with Crippen molar-refractivity contribution in [3.63, 3.8) is 0 Å². The van der Waals surface area contributed by atoms with Crippen LogP contribution in [0.1, 0.15) is 59.3 Å². The van der Waals surface area contributed by atoms with E-state index in [0.29, 0.717) is 42.9 Å². The third-order valence-electron chi connectivity index (χ3n) is 9.47. The number of benzene rings is 2. The smallest absolute Gasteiger partial charge is 0.411 e. The minimum Gasteiger partial charge on any atom is -0.457 e. The maximum atomic E-state index is 14.2. The molecule has 0 aromatic heterocycles. The molecule has 0 spiro atoms. The summed E-state index contributed by atoms with van der Waals surface area (Å²) in [6.07, 6.45) is 2.82. The summed E-state index contributed by atoms with van der Waals surface area (Å²) in [4.78, 5) is 69.1. The topological polar surface area (TPSA) is 208 Å². The van der Waals surface area contributed by atoms with E-state index in [1.54, 1.807) is 63.2 Å². The summed E-state index contributed by atoms with van der Waals surface area (Å²) >= 11 is 0. The number of rotatable bonds is 8. The van der Waals surface area contributed by atoms with Crippen LogP contribution in [0.5, 0.6) is 11.5 Å². The van der Waals surface area contributed by atoms with Crippen molar-refractivity contribution in [1.29, 1.82) is 0 Å². The highest BCUT2D eigenvalue weighted by molar-refractivity contribution is 7.91. The second-order valence-electron chi connectivity index (χ2n) is 15.1. The Morgan fingerprint density at radius 2 is 1.69 bits per heavy atom. The average molecular weight is 782 g/mol. The van der Waals surface area contributed by atoms with Gasteiger partial charge in [-0.3, -0.25) is 24.4 Å². The third kappa shape index (κ3) is 10.3. The number of fused-ring (bicyclic) bond motifs is 2. The van der Waals surface area contributed by atoms with Gasteiger partial charge in [0, 0.05) is 24.6 Å². The number of anilines is 1. The number of nitrogens with one attached hydrogen (secondary N) is 4. The summed E-state index contributed by atoms with van der Waals surface area (Å²) in [7, 11) is -3.93. The molecule has 4 aliphatic rings. The Morgan fingerprint density at radius 3 is 2.38 bits per heavy atom. The van der Waals surface area contributed by atoms with Gasteiger partial charge in [0.05, 0.1) is 18.4 Å². The number of alkyl carbamates (subject to hydrolysis) is 1. The number of ether oxygens (including phenoxy) is 4. The average Bonchev–Trinajstić information content (AvgIpc) is 4.04. The molecule has 55 heavy (non-hydrogen) atoms. The van der Waals surface area contributed by atoms with Gasteiger partial charge in [-0.15, -0.1) is 0 Å². The van der Waals surface area contributed by atoms with Crippen LogP contribution in [0.2, 0.25) is 0 Å². The molecule has 2 aromatic rings. The van der Waals surface area contributed by atoms with E-state index in [9.17, 15) is 32.4 Å². The lowest BCUT2D eigenvalue weighted by molar-refractivity contribution is -0.142. The van der Waals surface area contributed by atoms with Crippen LogP contribution < -0.4 is 25.4 Å². The number of sulfonamides is 1. The third-order valence-corrected chi connectivity index (χ3v) is 11.3. The summed E-state index contributed by atoms with van der Waals surface area (Å²) in [6, 6.07) is 13.2. The number of allylic oxidation sites excluding steroid dienone is 1. The molecular formula is C38H47N5O11S. The normalized spacial score (nSPS) is 25.8. The first kappa shape index (κ1) is 39.5. The molecule has 5 atom stereocenters. The van der Waals surface area contributed by atoms with E-state index in [2.05, 4.69) is 20.7 Å². The molecule has 5 unspecified atom stereocenters. The minimum absolute atomic E-state index is 0.138. The van der Waals surface area contributed by atoms with Gasteiger partial charge in [0.2, 0.25) is 21.8 Å². The van der Waals surface area contributed by atoms with E-state index < -0.39 is 80.4 Å². The van der Waals surface area contributed by atoms with Crippen LogP contribution in [0.4, 0.5) is 15.3 Å². The Morgan fingerprint density at radius 1 is 0.982 bits per heavy atom. The largest absolute Gasteiger partial charge is 0.457 e. The molecule has 2 aliphatic carbocycles. The Balaban J connectivity index is 1.20. The van der Waals surface area contributed by atoms with E-state index in [4.69, 9.17) is 18.9 Å². The zero-order valence-electron chi connectivity index (χ0n) is 30.9. The number of hydrogen-bond acceptors (Lipinski definition) is 11. The molecule has 2 heterocycles. The lowest BCUT2D eigenvalue weighted by atomic mass is 10.1. The number of carbonyl (C=O) groups excluding carboxylic acids is 5. The van der Waals surface area contributed by atoms with E-state index >= 15 is 0 Å². The first-order valence-corrected chi connectivity index (χ1v) is 19.9. The molecule has 5 amide bonds. The van der Waals surface area contributed by atoms with Crippen LogP contribution in [-0.2, 0) is 38.6 Å². The minimum atomic E-state index is -3.93. The Bertz CT molecular complexity index is 1900. The number of hydrogen-bond donors (Lipinski definition) is 4. The van der Waals surface area contributed by atoms with Crippen LogP contribution in [0, 0.1) is 5.92 Å². The molecule has 0 bridgehead atoms. The fraction of sp³-hybridized carbons (Fsp3) is 0.500. The molecule has 296 valence electrons. The standard InChI is InChI=1S/C38H47N5O11S/c1-37(2,3)54-36(48)40-30-23-51-19-9-5-6-10-24-21-38(24,34(46)42-55(49,50)29-17-18-29)41-32(44)31-20-28(22-43(31)33(30)45)53-35(47)39-25-13-15-27(16-14-25)52-26-11-7-4-8-12-26/h4,6-8,10-16,24,28-31H,5,9,17-23H2,1-3H3,(H,39,47)(H,40,48)(H,41,44)(H,42,46). The van der Waals surface area contributed by atoms with Gasteiger partial charge in [-0.25, -0.2) is 18.0 Å². The van der Waals surface area contributed by atoms with Gasteiger partial charge in [-0.05, 0) is 89.3 Å². The fourth-order valence-corrected chi connectivity index (χ4v) is 7.82. The molecule has 2 saturated carbocycles. The van der Waals surface area contributed by atoms with Crippen LogP contribution in [0.15, 0.2) is 66.7 Å². The molecule has 1 saturated heterocycles. The highest BCUT2D eigenvalue weighted by atomic mass is 32.2. The SMILES string of the molecule is CC(C)(C)OC(=O)NC1COCCCC=CC2CC2(C(=O)NS(=O)(=O)C2CC2)NC(=O)C2CC(OC(=O)Nc3ccc(Oc4ccccc4)cc3)CN2C1=O. The zero-order valence-corrected chi connectivity index (χ0v) is 31.8. The highest BCUT2D eigenvalue weighted by Crippen LogP contribution is 2.46. The lowest BCUT2D eigenvalue weighted by Gasteiger charge is -2.30. The van der Waals surface area contributed by atoms with Gasteiger partial charge in [-0.1, -0.05) is 30.4 Å².